The van der Waals surface area contributed by atoms with Gasteiger partial charge >= 0.3 is 0 Å². The summed E-state index contributed by atoms with van der Waals surface area (Å²) in [6.07, 6.45) is 4.20. The first-order chi connectivity index (χ1) is 7.92. The second-order valence-electron chi connectivity index (χ2n) is 3.60. The van der Waals surface area contributed by atoms with E-state index in [1.807, 2.05) is 11.3 Å². The number of hydrogen-bond donors (Lipinski definition) is 0. The van der Waals surface area contributed by atoms with Gasteiger partial charge < -0.3 is 4.57 Å². The van der Waals surface area contributed by atoms with Crippen LogP contribution in [0.3, 0.4) is 0 Å². The van der Waals surface area contributed by atoms with Crippen molar-refractivity contribution in [1.82, 2.24) is 4.57 Å². The second-order valence-corrected chi connectivity index (χ2v) is 5.71. The van der Waals surface area contributed by atoms with Gasteiger partial charge in [0, 0.05) is 27.0 Å². The monoisotopic (exact) mass is 245 g/mol. The molecule has 3 heteroatoms. The van der Waals surface area contributed by atoms with Gasteiger partial charge in [-0.25, -0.2) is 0 Å². The molecule has 3 aromatic heterocycles. The summed E-state index contributed by atoms with van der Waals surface area (Å²) in [7, 11) is 0. The highest BCUT2D eigenvalue weighted by molar-refractivity contribution is 7.21. The molecule has 0 N–H and O–H groups in total. The molecule has 0 radical (unpaired) electrons. The second kappa shape index (κ2) is 4.28. The van der Waals surface area contributed by atoms with E-state index in [1.54, 1.807) is 11.3 Å². The van der Waals surface area contributed by atoms with E-state index >= 15 is 0 Å². The van der Waals surface area contributed by atoms with Crippen LogP contribution >= 0.6 is 22.7 Å². The average molecular weight is 245 g/mol. The molecule has 0 amide bonds. The Balaban J connectivity index is 1.83. The van der Waals surface area contributed by atoms with Crippen molar-refractivity contribution in [1.29, 1.82) is 0 Å². The Morgan fingerprint density at radius 1 is 0.938 bits per heavy atom. The van der Waals surface area contributed by atoms with Crippen molar-refractivity contribution in [2.24, 2.45) is 0 Å². The third-order valence-corrected chi connectivity index (χ3v) is 4.57. The molecular formula is C13H11NS2. The van der Waals surface area contributed by atoms with Crippen molar-refractivity contribution < 1.29 is 0 Å². The van der Waals surface area contributed by atoms with E-state index in [0.29, 0.717) is 0 Å². The number of aromatic nitrogens is 1. The molecule has 0 aliphatic carbocycles. The molecule has 0 fully saturated rings. The normalized spacial score (nSPS) is 10.8. The first-order valence-electron chi connectivity index (χ1n) is 5.15. The first-order valence-corrected chi connectivity index (χ1v) is 6.85. The molecule has 0 saturated carbocycles. The zero-order chi connectivity index (χ0) is 10.8. The Bertz CT molecular complexity index is 547. The molecule has 16 heavy (non-hydrogen) atoms. The number of hydrogen-bond acceptors (Lipinski definition) is 2. The van der Waals surface area contributed by atoms with Crippen LogP contribution in [0.5, 0.6) is 0 Å². The van der Waals surface area contributed by atoms with Gasteiger partial charge in [0.25, 0.3) is 0 Å². The average Bonchev–Trinajstić information content (AvgIpc) is 2.99. The SMILES string of the molecule is c1csc(-c2ccc(Cn3cccc3)s2)c1. The van der Waals surface area contributed by atoms with E-state index < -0.39 is 0 Å². The first kappa shape index (κ1) is 9.87. The summed E-state index contributed by atoms with van der Waals surface area (Å²) in [5.74, 6) is 0. The molecule has 3 heterocycles. The highest BCUT2D eigenvalue weighted by atomic mass is 32.1. The van der Waals surface area contributed by atoms with Gasteiger partial charge in [0.1, 0.15) is 0 Å². The van der Waals surface area contributed by atoms with Gasteiger partial charge in [-0.2, -0.15) is 0 Å². The van der Waals surface area contributed by atoms with Gasteiger partial charge in [-0.15, -0.1) is 22.7 Å². The quantitative estimate of drug-likeness (QED) is 0.647. The van der Waals surface area contributed by atoms with E-state index in [-0.39, 0.29) is 0 Å². The summed E-state index contributed by atoms with van der Waals surface area (Å²) in [4.78, 5) is 4.14. The van der Waals surface area contributed by atoms with Gasteiger partial charge in [-0.1, -0.05) is 6.07 Å². The maximum Gasteiger partial charge on any atom is 0.0563 e. The van der Waals surface area contributed by atoms with Crippen LogP contribution in [0, 0.1) is 0 Å². The highest BCUT2D eigenvalue weighted by Gasteiger charge is 2.03. The molecule has 0 aliphatic rings. The Kier molecular flexibility index (Phi) is 2.64. The maximum atomic E-state index is 2.22. The summed E-state index contributed by atoms with van der Waals surface area (Å²) in [6.45, 7) is 0.975. The number of thiophene rings is 2. The molecule has 3 rings (SSSR count). The van der Waals surface area contributed by atoms with Crippen LogP contribution in [0.1, 0.15) is 4.88 Å². The molecule has 0 spiro atoms. The predicted molar refractivity (Wildman–Crippen MR) is 71.2 cm³/mol. The van der Waals surface area contributed by atoms with E-state index in [2.05, 4.69) is 58.7 Å². The van der Waals surface area contributed by atoms with Crippen LogP contribution in [0.25, 0.3) is 9.75 Å². The molecular weight excluding hydrogens is 234 g/mol. The van der Waals surface area contributed by atoms with Crippen molar-refractivity contribution in [3.63, 3.8) is 0 Å². The van der Waals surface area contributed by atoms with Gasteiger partial charge in [0.15, 0.2) is 0 Å². The van der Waals surface area contributed by atoms with Crippen LogP contribution in [0.15, 0.2) is 54.2 Å². The van der Waals surface area contributed by atoms with Crippen molar-refractivity contribution >= 4 is 22.7 Å². The van der Waals surface area contributed by atoms with Crippen molar-refractivity contribution in [2.45, 2.75) is 6.54 Å². The summed E-state index contributed by atoms with van der Waals surface area (Å²) in [6, 6.07) is 12.8. The number of rotatable bonds is 3. The van der Waals surface area contributed by atoms with Crippen molar-refractivity contribution in [2.75, 3.05) is 0 Å². The minimum absolute atomic E-state index is 0.975. The Morgan fingerprint density at radius 3 is 2.56 bits per heavy atom. The van der Waals surface area contributed by atoms with E-state index in [1.165, 1.54) is 14.6 Å². The lowest BCUT2D eigenvalue weighted by Gasteiger charge is -1.98. The predicted octanol–water partition coefficient (Wildman–Crippen LogP) is 4.33. The summed E-state index contributed by atoms with van der Waals surface area (Å²) in [5.41, 5.74) is 0. The largest absolute Gasteiger partial charge is 0.349 e. The zero-order valence-electron chi connectivity index (χ0n) is 8.67. The zero-order valence-corrected chi connectivity index (χ0v) is 10.3. The molecule has 3 aromatic rings. The Labute approximate surface area is 103 Å². The molecule has 0 bridgehead atoms. The van der Waals surface area contributed by atoms with Crippen LogP contribution in [-0.4, -0.2) is 4.57 Å². The Hall–Kier alpha value is -1.32. The fourth-order valence-electron chi connectivity index (χ4n) is 1.67. The molecule has 80 valence electrons. The van der Waals surface area contributed by atoms with Crippen LogP contribution in [-0.2, 0) is 6.54 Å². The summed E-state index contributed by atoms with van der Waals surface area (Å²) in [5, 5.41) is 2.13. The Morgan fingerprint density at radius 2 is 1.81 bits per heavy atom. The van der Waals surface area contributed by atoms with E-state index in [0.717, 1.165) is 6.54 Å². The van der Waals surface area contributed by atoms with Crippen LogP contribution < -0.4 is 0 Å². The lowest BCUT2D eigenvalue weighted by atomic mass is 10.3. The maximum absolute atomic E-state index is 2.22. The molecule has 0 saturated heterocycles. The summed E-state index contributed by atoms with van der Waals surface area (Å²) < 4.78 is 2.20. The molecule has 1 nitrogen and oxygen atoms in total. The molecule has 0 aromatic carbocycles. The third kappa shape index (κ3) is 1.96. The smallest absolute Gasteiger partial charge is 0.0563 e. The minimum atomic E-state index is 0.975. The molecule has 0 unspecified atom stereocenters. The topological polar surface area (TPSA) is 4.93 Å². The van der Waals surface area contributed by atoms with Gasteiger partial charge in [0.05, 0.1) is 6.54 Å². The molecule has 0 aliphatic heterocycles. The number of nitrogens with zero attached hydrogens (tertiary/aromatic N) is 1. The lowest BCUT2D eigenvalue weighted by Crippen LogP contribution is -1.92. The van der Waals surface area contributed by atoms with Crippen molar-refractivity contribution in [3.05, 3.63) is 59.0 Å². The van der Waals surface area contributed by atoms with Crippen LogP contribution in [0.2, 0.25) is 0 Å². The van der Waals surface area contributed by atoms with Gasteiger partial charge in [-0.05, 0) is 35.7 Å². The minimum Gasteiger partial charge on any atom is -0.349 e. The lowest BCUT2D eigenvalue weighted by molar-refractivity contribution is 0.819. The fraction of sp³-hybridized carbons (Fsp3) is 0.0769. The molecule has 0 atom stereocenters. The summed E-state index contributed by atoms with van der Waals surface area (Å²) >= 11 is 3.68. The van der Waals surface area contributed by atoms with E-state index in [9.17, 15) is 0 Å². The van der Waals surface area contributed by atoms with Gasteiger partial charge in [-0.3, -0.25) is 0 Å². The fourth-order valence-corrected chi connectivity index (χ4v) is 3.52. The highest BCUT2D eigenvalue weighted by Crippen LogP contribution is 2.31. The van der Waals surface area contributed by atoms with Gasteiger partial charge in [0.2, 0.25) is 0 Å². The third-order valence-electron chi connectivity index (χ3n) is 2.43. The van der Waals surface area contributed by atoms with Crippen LogP contribution in [0.4, 0.5) is 0 Å². The van der Waals surface area contributed by atoms with E-state index in [4.69, 9.17) is 0 Å². The standard InChI is InChI=1S/C13H11NS2/c1-2-8-14(7-1)10-11-5-6-13(16-11)12-4-3-9-15-12/h1-9H,10H2. The van der Waals surface area contributed by atoms with Crippen molar-refractivity contribution in [3.8, 4) is 9.75 Å².